The number of hydrogen-bond donors (Lipinski definition) is 3. The molecule has 3 N–H and O–H groups in total. The third-order valence-electron chi connectivity index (χ3n) is 4.88. The summed E-state index contributed by atoms with van der Waals surface area (Å²) in [5, 5.41) is 16.3. The molecule has 1 heterocycles. The summed E-state index contributed by atoms with van der Waals surface area (Å²) < 4.78 is 0. The van der Waals surface area contributed by atoms with Crippen molar-refractivity contribution >= 4 is 29.9 Å². The Hall–Kier alpha value is -1.80. The Kier molecular flexibility index (Phi) is 9.57. The van der Waals surface area contributed by atoms with Crippen molar-refractivity contribution in [1.82, 2.24) is 15.5 Å². The summed E-state index contributed by atoms with van der Waals surface area (Å²) in [6.07, 6.45) is 2.24. The van der Waals surface area contributed by atoms with Crippen molar-refractivity contribution in [3.8, 4) is 5.75 Å². The lowest BCUT2D eigenvalue weighted by Crippen LogP contribution is -2.48. The van der Waals surface area contributed by atoms with Gasteiger partial charge in [0.1, 0.15) is 5.75 Å². The van der Waals surface area contributed by atoms with Gasteiger partial charge in [0.15, 0.2) is 5.96 Å². The quantitative estimate of drug-likeness (QED) is 0.326. The van der Waals surface area contributed by atoms with Gasteiger partial charge in [-0.1, -0.05) is 42.5 Å². The third kappa shape index (κ3) is 7.31. The minimum Gasteiger partial charge on any atom is -0.508 e. The Morgan fingerprint density at radius 3 is 2.36 bits per heavy atom. The van der Waals surface area contributed by atoms with Crippen molar-refractivity contribution in [2.24, 2.45) is 4.99 Å². The fourth-order valence-corrected chi connectivity index (χ4v) is 3.36. The number of phenols is 1. The number of nitrogens with one attached hydrogen (secondary N) is 2. The number of aliphatic imine (C=N–C) groups is 1. The van der Waals surface area contributed by atoms with E-state index in [1.54, 1.807) is 12.1 Å². The second kappa shape index (κ2) is 11.9. The smallest absolute Gasteiger partial charge is 0.191 e. The first-order valence-electron chi connectivity index (χ1n) is 9.82. The minimum atomic E-state index is 0. The fourth-order valence-electron chi connectivity index (χ4n) is 3.36. The van der Waals surface area contributed by atoms with Gasteiger partial charge in [0.25, 0.3) is 0 Å². The molecule has 5 nitrogen and oxygen atoms in total. The predicted molar refractivity (Wildman–Crippen MR) is 126 cm³/mol. The van der Waals surface area contributed by atoms with E-state index in [4.69, 9.17) is 4.99 Å². The van der Waals surface area contributed by atoms with Crippen molar-refractivity contribution in [3.05, 3.63) is 65.7 Å². The van der Waals surface area contributed by atoms with Gasteiger partial charge in [-0.3, -0.25) is 4.90 Å². The summed E-state index contributed by atoms with van der Waals surface area (Å²) in [6, 6.07) is 18.4. The zero-order valence-corrected chi connectivity index (χ0v) is 18.8. The average molecular weight is 494 g/mol. The van der Waals surface area contributed by atoms with Gasteiger partial charge in [0.2, 0.25) is 0 Å². The highest BCUT2D eigenvalue weighted by Gasteiger charge is 2.20. The Morgan fingerprint density at radius 1 is 1.04 bits per heavy atom. The van der Waals surface area contributed by atoms with Gasteiger partial charge in [-0.05, 0) is 43.0 Å². The van der Waals surface area contributed by atoms with E-state index in [2.05, 4.69) is 52.8 Å². The van der Waals surface area contributed by atoms with Gasteiger partial charge in [0, 0.05) is 32.2 Å². The SMILES string of the molecule is CCNC(=NCc1ccc(O)cc1)NC1CCN(Cc2ccccc2)CC1.I. The maximum absolute atomic E-state index is 9.38. The molecule has 0 bridgehead atoms. The molecule has 1 aliphatic heterocycles. The minimum absolute atomic E-state index is 0. The maximum Gasteiger partial charge on any atom is 0.191 e. The Bertz CT molecular complexity index is 713. The predicted octanol–water partition coefficient (Wildman–Crippen LogP) is 3.73. The molecule has 1 saturated heterocycles. The van der Waals surface area contributed by atoms with Gasteiger partial charge in [-0.15, -0.1) is 24.0 Å². The summed E-state index contributed by atoms with van der Waals surface area (Å²) >= 11 is 0. The number of aromatic hydroxyl groups is 1. The van der Waals surface area contributed by atoms with E-state index in [1.807, 2.05) is 12.1 Å². The second-order valence-corrected chi connectivity index (χ2v) is 7.04. The highest BCUT2D eigenvalue weighted by atomic mass is 127. The van der Waals surface area contributed by atoms with E-state index in [0.717, 1.165) is 50.5 Å². The summed E-state index contributed by atoms with van der Waals surface area (Å²) in [7, 11) is 0. The van der Waals surface area contributed by atoms with Crippen LogP contribution in [0.5, 0.6) is 5.75 Å². The maximum atomic E-state index is 9.38. The van der Waals surface area contributed by atoms with E-state index in [-0.39, 0.29) is 29.7 Å². The highest BCUT2D eigenvalue weighted by Crippen LogP contribution is 2.14. The van der Waals surface area contributed by atoms with E-state index in [0.29, 0.717) is 12.6 Å². The third-order valence-corrected chi connectivity index (χ3v) is 4.88. The molecule has 0 aliphatic carbocycles. The molecule has 0 spiro atoms. The molecule has 0 aromatic heterocycles. The molecule has 152 valence electrons. The van der Waals surface area contributed by atoms with Crippen molar-refractivity contribution < 1.29 is 5.11 Å². The topological polar surface area (TPSA) is 59.9 Å². The summed E-state index contributed by atoms with van der Waals surface area (Å²) in [6.45, 7) is 6.76. The molecule has 1 aliphatic rings. The van der Waals surface area contributed by atoms with Crippen LogP contribution in [0.2, 0.25) is 0 Å². The molecule has 0 amide bonds. The van der Waals surface area contributed by atoms with Gasteiger partial charge >= 0.3 is 0 Å². The van der Waals surface area contributed by atoms with Crippen LogP contribution in [0.3, 0.4) is 0 Å². The standard InChI is InChI=1S/C22H30N4O.HI/c1-2-23-22(24-16-18-8-10-21(27)11-9-18)25-20-12-14-26(15-13-20)17-19-6-4-3-5-7-19;/h3-11,20,27H,2,12-17H2,1H3,(H2,23,24,25);1H. The van der Waals surface area contributed by atoms with Crippen LogP contribution in [0.4, 0.5) is 0 Å². The molecule has 0 radical (unpaired) electrons. The van der Waals surface area contributed by atoms with Crippen molar-refractivity contribution in [1.29, 1.82) is 0 Å². The molecule has 0 atom stereocenters. The van der Waals surface area contributed by atoms with Gasteiger partial charge < -0.3 is 15.7 Å². The molecule has 0 saturated carbocycles. The van der Waals surface area contributed by atoms with Crippen molar-refractivity contribution in [2.75, 3.05) is 19.6 Å². The zero-order valence-electron chi connectivity index (χ0n) is 16.5. The van der Waals surface area contributed by atoms with Gasteiger partial charge in [-0.2, -0.15) is 0 Å². The number of nitrogens with zero attached hydrogens (tertiary/aromatic N) is 2. The van der Waals surface area contributed by atoms with Crippen LogP contribution in [-0.4, -0.2) is 41.6 Å². The number of guanidine groups is 1. The molecule has 2 aromatic rings. The first-order chi connectivity index (χ1) is 13.2. The number of likely N-dealkylation sites (tertiary alicyclic amines) is 1. The molecular formula is C22H31IN4O. The van der Waals surface area contributed by atoms with Crippen LogP contribution in [0, 0.1) is 0 Å². The number of halogens is 1. The molecule has 1 fully saturated rings. The first kappa shape index (κ1) is 22.5. The number of piperidine rings is 1. The van der Waals surface area contributed by atoms with Crippen LogP contribution < -0.4 is 10.6 Å². The second-order valence-electron chi connectivity index (χ2n) is 7.04. The van der Waals surface area contributed by atoms with E-state index < -0.39 is 0 Å². The molecule has 0 unspecified atom stereocenters. The van der Waals surface area contributed by atoms with E-state index in [1.165, 1.54) is 5.56 Å². The Balaban J connectivity index is 0.00000280. The van der Waals surface area contributed by atoms with Crippen molar-refractivity contribution in [3.63, 3.8) is 0 Å². The number of benzene rings is 2. The van der Waals surface area contributed by atoms with E-state index in [9.17, 15) is 5.11 Å². The van der Waals surface area contributed by atoms with Crippen LogP contribution in [0.25, 0.3) is 0 Å². The largest absolute Gasteiger partial charge is 0.508 e. The normalized spacial score (nSPS) is 15.7. The molecule has 3 rings (SSSR count). The first-order valence-corrected chi connectivity index (χ1v) is 9.82. The summed E-state index contributed by atoms with van der Waals surface area (Å²) in [4.78, 5) is 7.22. The lowest BCUT2D eigenvalue weighted by atomic mass is 10.0. The number of hydrogen-bond acceptors (Lipinski definition) is 3. The molecule has 2 aromatic carbocycles. The molecular weight excluding hydrogens is 463 g/mol. The monoisotopic (exact) mass is 494 g/mol. The van der Waals surface area contributed by atoms with Crippen LogP contribution in [0.15, 0.2) is 59.6 Å². The summed E-state index contributed by atoms with van der Waals surface area (Å²) in [5.41, 5.74) is 2.47. The highest BCUT2D eigenvalue weighted by molar-refractivity contribution is 14.0. The lowest BCUT2D eigenvalue weighted by molar-refractivity contribution is 0.198. The van der Waals surface area contributed by atoms with Crippen molar-refractivity contribution in [2.45, 2.75) is 38.9 Å². The van der Waals surface area contributed by atoms with Crippen LogP contribution in [0.1, 0.15) is 30.9 Å². The van der Waals surface area contributed by atoms with Gasteiger partial charge in [-0.25, -0.2) is 4.99 Å². The van der Waals surface area contributed by atoms with Crippen LogP contribution in [-0.2, 0) is 13.1 Å². The Morgan fingerprint density at radius 2 is 1.71 bits per heavy atom. The average Bonchev–Trinajstić information content (AvgIpc) is 2.70. The zero-order chi connectivity index (χ0) is 18.9. The number of phenolic OH excluding ortho intramolecular Hbond substituents is 1. The molecule has 6 heteroatoms. The fraction of sp³-hybridized carbons (Fsp3) is 0.409. The number of rotatable bonds is 6. The van der Waals surface area contributed by atoms with Crippen LogP contribution >= 0.6 is 24.0 Å². The van der Waals surface area contributed by atoms with Gasteiger partial charge in [0.05, 0.1) is 6.54 Å². The molecule has 28 heavy (non-hydrogen) atoms. The van der Waals surface area contributed by atoms with E-state index >= 15 is 0 Å². The lowest BCUT2D eigenvalue weighted by Gasteiger charge is -2.33. The summed E-state index contributed by atoms with van der Waals surface area (Å²) in [5.74, 6) is 1.15. The Labute approximate surface area is 185 Å².